The summed E-state index contributed by atoms with van der Waals surface area (Å²) in [6.07, 6.45) is 7.82. The van der Waals surface area contributed by atoms with Gasteiger partial charge in [-0.2, -0.15) is 0 Å². The van der Waals surface area contributed by atoms with Crippen molar-refractivity contribution in [3.8, 4) is 0 Å². The van der Waals surface area contributed by atoms with Crippen LogP contribution in [0.2, 0.25) is 0 Å². The number of ether oxygens (including phenoxy) is 2. The van der Waals surface area contributed by atoms with Gasteiger partial charge in [-0.1, -0.05) is 19.1 Å². The van der Waals surface area contributed by atoms with E-state index in [9.17, 15) is 0 Å². The van der Waals surface area contributed by atoms with E-state index in [0.29, 0.717) is 12.2 Å². The molecule has 0 radical (unpaired) electrons. The minimum Gasteiger partial charge on any atom is -0.349 e. The molecule has 0 aromatic carbocycles. The molecular weight excluding hydrogens is 164 g/mol. The fourth-order valence-corrected chi connectivity index (χ4v) is 1.61. The largest absolute Gasteiger partial charge is 0.349 e. The average Bonchev–Trinajstić information content (AvgIpc) is 2.14. The van der Waals surface area contributed by atoms with E-state index in [0.717, 1.165) is 19.3 Å². The first-order chi connectivity index (χ1) is 6.26. The molecule has 0 aromatic rings. The zero-order valence-electron chi connectivity index (χ0n) is 8.82. The molecule has 0 aromatic heterocycles. The van der Waals surface area contributed by atoms with Gasteiger partial charge in [0, 0.05) is 6.42 Å². The predicted octanol–water partition coefficient (Wildman–Crippen LogP) is 2.88. The minimum atomic E-state index is -0.0232. The SMILES string of the molecule is C/C=C/CC1OC(C)CC(CC)O1. The Balaban J connectivity index is 2.37. The molecule has 2 heteroatoms. The number of hydrogen-bond acceptors (Lipinski definition) is 2. The highest BCUT2D eigenvalue weighted by atomic mass is 16.7. The zero-order chi connectivity index (χ0) is 9.68. The van der Waals surface area contributed by atoms with Gasteiger partial charge in [-0.15, -0.1) is 0 Å². The molecule has 0 amide bonds. The van der Waals surface area contributed by atoms with Crippen LogP contribution < -0.4 is 0 Å². The molecule has 1 aliphatic rings. The minimum absolute atomic E-state index is 0.0232. The van der Waals surface area contributed by atoms with E-state index in [4.69, 9.17) is 9.47 Å². The highest BCUT2D eigenvalue weighted by molar-refractivity contribution is 4.80. The Morgan fingerprint density at radius 2 is 2.15 bits per heavy atom. The summed E-state index contributed by atoms with van der Waals surface area (Å²) in [5.74, 6) is 0. The van der Waals surface area contributed by atoms with Gasteiger partial charge in [0.25, 0.3) is 0 Å². The van der Waals surface area contributed by atoms with E-state index in [1.165, 1.54) is 0 Å². The molecule has 0 bridgehead atoms. The van der Waals surface area contributed by atoms with Crippen molar-refractivity contribution in [3.63, 3.8) is 0 Å². The lowest BCUT2D eigenvalue weighted by Gasteiger charge is -2.33. The summed E-state index contributed by atoms with van der Waals surface area (Å²) in [5, 5.41) is 0. The van der Waals surface area contributed by atoms with Crippen molar-refractivity contribution in [1.82, 2.24) is 0 Å². The van der Waals surface area contributed by atoms with Gasteiger partial charge in [0.05, 0.1) is 12.2 Å². The first kappa shape index (κ1) is 10.7. The van der Waals surface area contributed by atoms with Crippen molar-refractivity contribution in [1.29, 1.82) is 0 Å². The smallest absolute Gasteiger partial charge is 0.161 e. The maximum absolute atomic E-state index is 5.73. The van der Waals surface area contributed by atoms with Crippen LogP contribution in [0.4, 0.5) is 0 Å². The number of rotatable bonds is 3. The fourth-order valence-electron chi connectivity index (χ4n) is 1.61. The van der Waals surface area contributed by atoms with Gasteiger partial charge >= 0.3 is 0 Å². The zero-order valence-corrected chi connectivity index (χ0v) is 8.82. The average molecular weight is 184 g/mol. The van der Waals surface area contributed by atoms with Crippen molar-refractivity contribution in [3.05, 3.63) is 12.2 Å². The van der Waals surface area contributed by atoms with E-state index in [1.807, 2.05) is 13.0 Å². The van der Waals surface area contributed by atoms with Gasteiger partial charge in [-0.05, 0) is 26.7 Å². The molecule has 0 saturated carbocycles. The Morgan fingerprint density at radius 3 is 2.77 bits per heavy atom. The van der Waals surface area contributed by atoms with Gasteiger partial charge in [0.2, 0.25) is 0 Å². The third-order valence-corrected chi connectivity index (χ3v) is 2.34. The summed E-state index contributed by atoms with van der Waals surface area (Å²) in [6.45, 7) is 6.30. The molecule has 3 atom stereocenters. The summed E-state index contributed by atoms with van der Waals surface area (Å²) in [7, 11) is 0. The second-order valence-corrected chi connectivity index (χ2v) is 3.58. The van der Waals surface area contributed by atoms with Gasteiger partial charge < -0.3 is 9.47 Å². The maximum Gasteiger partial charge on any atom is 0.161 e. The lowest BCUT2D eigenvalue weighted by molar-refractivity contribution is -0.236. The Hall–Kier alpha value is -0.340. The van der Waals surface area contributed by atoms with E-state index in [-0.39, 0.29) is 6.29 Å². The Kier molecular flexibility index (Phi) is 4.46. The van der Waals surface area contributed by atoms with Gasteiger partial charge in [-0.3, -0.25) is 0 Å². The van der Waals surface area contributed by atoms with Crippen LogP contribution in [0, 0.1) is 0 Å². The molecule has 13 heavy (non-hydrogen) atoms. The van der Waals surface area contributed by atoms with Crippen LogP contribution in [-0.2, 0) is 9.47 Å². The Bertz CT molecular complexity index is 165. The van der Waals surface area contributed by atoms with E-state index in [1.54, 1.807) is 0 Å². The van der Waals surface area contributed by atoms with E-state index < -0.39 is 0 Å². The summed E-state index contributed by atoms with van der Waals surface area (Å²) in [6, 6.07) is 0. The predicted molar refractivity (Wildman–Crippen MR) is 53.5 cm³/mol. The van der Waals surface area contributed by atoms with Gasteiger partial charge in [-0.25, -0.2) is 0 Å². The highest BCUT2D eigenvalue weighted by Gasteiger charge is 2.25. The molecule has 76 valence electrons. The molecule has 0 spiro atoms. The molecule has 3 unspecified atom stereocenters. The quantitative estimate of drug-likeness (QED) is 0.628. The molecule has 2 nitrogen and oxygen atoms in total. The molecule has 1 saturated heterocycles. The van der Waals surface area contributed by atoms with Crippen LogP contribution in [-0.4, -0.2) is 18.5 Å². The van der Waals surface area contributed by atoms with Crippen molar-refractivity contribution >= 4 is 0 Å². The molecule has 1 heterocycles. The third-order valence-electron chi connectivity index (χ3n) is 2.34. The van der Waals surface area contributed by atoms with Crippen LogP contribution >= 0.6 is 0 Å². The summed E-state index contributed by atoms with van der Waals surface area (Å²) in [4.78, 5) is 0. The molecule has 1 fully saturated rings. The van der Waals surface area contributed by atoms with Gasteiger partial charge in [0.1, 0.15) is 0 Å². The first-order valence-corrected chi connectivity index (χ1v) is 5.18. The second kappa shape index (κ2) is 5.40. The van der Waals surface area contributed by atoms with Gasteiger partial charge in [0.15, 0.2) is 6.29 Å². The van der Waals surface area contributed by atoms with Crippen LogP contribution in [0.1, 0.15) is 40.0 Å². The summed E-state index contributed by atoms with van der Waals surface area (Å²) >= 11 is 0. The Morgan fingerprint density at radius 1 is 1.38 bits per heavy atom. The monoisotopic (exact) mass is 184 g/mol. The Labute approximate surface area is 80.9 Å². The number of hydrogen-bond donors (Lipinski definition) is 0. The standard InChI is InChI=1S/C11H20O2/c1-4-6-7-11-12-9(3)8-10(5-2)13-11/h4,6,9-11H,5,7-8H2,1-3H3/b6-4+. The first-order valence-electron chi connectivity index (χ1n) is 5.18. The molecular formula is C11H20O2. The molecule has 0 N–H and O–H groups in total. The van der Waals surface area contributed by atoms with Crippen LogP contribution in [0.5, 0.6) is 0 Å². The normalized spacial score (nSPS) is 35.5. The third kappa shape index (κ3) is 3.49. The summed E-state index contributed by atoms with van der Waals surface area (Å²) < 4.78 is 11.4. The topological polar surface area (TPSA) is 18.5 Å². The lowest BCUT2D eigenvalue weighted by Crippen LogP contribution is -2.36. The second-order valence-electron chi connectivity index (χ2n) is 3.58. The van der Waals surface area contributed by atoms with Crippen molar-refractivity contribution < 1.29 is 9.47 Å². The van der Waals surface area contributed by atoms with Crippen LogP contribution in [0.15, 0.2) is 12.2 Å². The number of allylic oxidation sites excluding steroid dienone is 1. The molecule has 1 aliphatic heterocycles. The highest BCUT2D eigenvalue weighted by Crippen LogP contribution is 2.22. The van der Waals surface area contributed by atoms with Crippen LogP contribution in [0.25, 0.3) is 0 Å². The summed E-state index contributed by atoms with van der Waals surface area (Å²) in [5.41, 5.74) is 0. The van der Waals surface area contributed by atoms with Crippen molar-refractivity contribution in [2.24, 2.45) is 0 Å². The van der Waals surface area contributed by atoms with E-state index >= 15 is 0 Å². The van der Waals surface area contributed by atoms with Crippen LogP contribution in [0.3, 0.4) is 0 Å². The maximum atomic E-state index is 5.73. The fraction of sp³-hybridized carbons (Fsp3) is 0.818. The molecule has 1 rings (SSSR count). The van der Waals surface area contributed by atoms with Crippen molar-refractivity contribution in [2.45, 2.75) is 58.5 Å². The van der Waals surface area contributed by atoms with Crippen molar-refractivity contribution in [2.75, 3.05) is 0 Å². The van der Waals surface area contributed by atoms with E-state index in [2.05, 4.69) is 19.9 Å². The molecule has 0 aliphatic carbocycles. The lowest BCUT2D eigenvalue weighted by atomic mass is 10.1.